The second-order valence-electron chi connectivity index (χ2n) is 9.25. The van der Waals surface area contributed by atoms with E-state index in [1.165, 1.54) is 18.6 Å². The van der Waals surface area contributed by atoms with Crippen molar-refractivity contribution in [2.24, 2.45) is 11.8 Å². The summed E-state index contributed by atoms with van der Waals surface area (Å²) in [5, 5.41) is 5.65. The molecule has 0 spiro atoms. The molecular formula is C23H29FN6OS. The van der Waals surface area contributed by atoms with Crippen molar-refractivity contribution in [1.82, 2.24) is 24.4 Å². The molecule has 4 heterocycles. The van der Waals surface area contributed by atoms with Crippen LogP contribution in [0.3, 0.4) is 0 Å². The molecule has 0 N–H and O–H groups in total. The molecule has 1 amide bonds. The van der Waals surface area contributed by atoms with Gasteiger partial charge in [0.2, 0.25) is 16.0 Å². The largest absolute Gasteiger partial charge is 0.344 e. The Balaban J connectivity index is 1.17. The summed E-state index contributed by atoms with van der Waals surface area (Å²) in [5.41, 5.74) is 1.67. The molecule has 7 nitrogen and oxygen atoms in total. The van der Waals surface area contributed by atoms with Crippen LogP contribution in [0.1, 0.15) is 20.3 Å². The number of carbonyl (C=O) groups is 1. The van der Waals surface area contributed by atoms with Gasteiger partial charge < -0.3 is 9.80 Å². The van der Waals surface area contributed by atoms with Crippen molar-refractivity contribution < 1.29 is 9.18 Å². The average molecular weight is 457 g/mol. The third-order valence-electron chi connectivity index (χ3n) is 6.40. The van der Waals surface area contributed by atoms with Crippen molar-refractivity contribution in [2.75, 3.05) is 50.7 Å². The number of benzene rings is 1. The first-order chi connectivity index (χ1) is 15.4. The van der Waals surface area contributed by atoms with E-state index in [0.717, 1.165) is 60.6 Å². The minimum absolute atomic E-state index is 0.254. The molecule has 2 aliphatic rings. The number of imidazole rings is 1. The Bertz CT molecular complexity index is 1050. The molecule has 2 aliphatic heterocycles. The van der Waals surface area contributed by atoms with E-state index in [1.807, 2.05) is 6.20 Å². The molecule has 0 saturated carbocycles. The summed E-state index contributed by atoms with van der Waals surface area (Å²) >= 11 is 1.56. The highest BCUT2D eigenvalue weighted by atomic mass is 32.1. The Morgan fingerprint density at radius 3 is 2.44 bits per heavy atom. The highest BCUT2D eigenvalue weighted by Gasteiger charge is 2.28. The van der Waals surface area contributed by atoms with Crippen molar-refractivity contribution in [2.45, 2.75) is 20.3 Å². The number of aromatic nitrogens is 3. The summed E-state index contributed by atoms with van der Waals surface area (Å²) in [6.07, 6.45) is 3.10. The fourth-order valence-corrected chi connectivity index (χ4v) is 5.77. The van der Waals surface area contributed by atoms with Gasteiger partial charge in [-0.05, 0) is 42.5 Å². The molecule has 9 heteroatoms. The van der Waals surface area contributed by atoms with Crippen LogP contribution in [0.15, 0.2) is 30.5 Å². The van der Waals surface area contributed by atoms with Gasteiger partial charge in [0.15, 0.2) is 0 Å². The van der Waals surface area contributed by atoms with E-state index < -0.39 is 0 Å². The molecule has 0 bridgehead atoms. The quantitative estimate of drug-likeness (QED) is 0.603. The van der Waals surface area contributed by atoms with E-state index in [1.54, 1.807) is 28.0 Å². The summed E-state index contributed by atoms with van der Waals surface area (Å²) in [6.45, 7) is 10.2. The van der Waals surface area contributed by atoms with Crippen LogP contribution in [-0.4, -0.2) is 76.1 Å². The third kappa shape index (κ3) is 4.49. The van der Waals surface area contributed by atoms with Gasteiger partial charge in [0.25, 0.3) is 0 Å². The second kappa shape index (κ2) is 8.78. The minimum Gasteiger partial charge on any atom is -0.344 e. The van der Waals surface area contributed by atoms with E-state index in [-0.39, 0.29) is 11.7 Å². The predicted molar refractivity (Wildman–Crippen MR) is 124 cm³/mol. The minimum atomic E-state index is -0.254. The smallest absolute Gasteiger partial charge is 0.236 e. The van der Waals surface area contributed by atoms with Crippen LogP contribution in [0.2, 0.25) is 0 Å². The van der Waals surface area contributed by atoms with Gasteiger partial charge in [0.05, 0.1) is 18.4 Å². The zero-order valence-electron chi connectivity index (χ0n) is 18.6. The van der Waals surface area contributed by atoms with Crippen molar-refractivity contribution in [1.29, 1.82) is 0 Å². The molecule has 1 aromatic carbocycles. The van der Waals surface area contributed by atoms with Crippen LogP contribution in [0.5, 0.6) is 0 Å². The second-order valence-corrected chi connectivity index (χ2v) is 10.2. The summed E-state index contributed by atoms with van der Waals surface area (Å²) in [5.74, 6) is 1.19. The van der Waals surface area contributed by atoms with Gasteiger partial charge in [-0.25, -0.2) is 13.9 Å². The SMILES string of the molecule is CC1CC(C)CN(C(=O)CN2CCN(c3nn4cc(-c5ccc(F)cc5)nc4s3)CC2)C1. The van der Waals surface area contributed by atoms with Crippen LogP contribution in [0, 0.1) is 17.7 Å². The van der Waals surface area contributed by atoms with E-state index in [4.69, 9.17) is 5.10 Å². The lowest BCUT2D eigenvalue weighted by Crippen LogP contribution is -2.52. The van der Waals surface area contributed by atoms with Crippen molar-refractivity contribution in [3.8, 4) is 11.3 Å². The van der Waals surface area contributed by atoms with Crippen molar-refractivity contribution >= 4 is 27.3 Å². The van der Waals surface area contributed by atoms with Gasteiger partial charge in [-0.2, -0.15) is 0 Å². The first-order valence-corrected chi connectivity index (χ1v) is 12.1. The van der Waals surface area contributed by atoms with Crippen LogP contribution in [-0.2, 0) is 4.79 Å². The van der Waals surface area contributed by atoms with Gasteiger partial charge in [0.1, 0.15) is 5.82 Å². The number of carbonyl (C=O) groups excluding carboxylic acids is 1. The number of piperidine rings is 1. The number of anilines is 1. The molecule has 2 atom stereocenters. The zero-order valence-corrected chi connectivity index (χ0v) is 19.4. The lowest BCUT2D eigenvalue weighted by atomic mass is 9.92. The van der Waals surface area contributed by atoms with Crippen LogP contribution in [0.4, 0.5) is 9.52 Å². The van der Waals surface area contributed by atoms with Gasteiger partial charge >= 0.3 is 0 Å². The number of nitrogens with zero attached hydrogens (tertiary/aromatic N) is 6. The number of likely N-dealkylation sites (tertiary alicyclic amines) is 1. The topological polar surface area (TPSA) is 57.0 Å². The highest BCUT2D eigenvalue weighted by molar-refractivity contribution is 7.20. The number of hydrogen-bond acceptors (Lipinski definition) is 6. The Kier molecular flexibility index (Phi) is 5.86. The van der Waals surface area contributed by atoms with E-state index in [0.29, 0.717) is 18.4 Å². The summed E-state index contributed by atoms with van der Waals surface area (Å²) in [6, 6.07) is 6.35. The molecule has 0 aliphatic carbocycles. The monoisotopic (exact) mass is 456 g/mol. The molecule has 5 rings (SSSR count). The predicted octanol–water partition coefficient (Wildman–Crippen LogP) is 3.22. The maximum absolute atomic E-state index is 13.2. The van der Waals surface area contributed by atoms with Crippen LogP contribution >= 0.6 is 11.3 Å². The third-order valence-corrected chi connectivity index (χ3v) is 7.38. The molecule has 32 heavy (non-hydrogen) atoms. The van der Waals surface area contributed by atoms with E-state index >= 15 is 0 Å². The normalized spacial score (nSPS) is 22.6. The van der Waals surface area contributed by atoms with Gasteiger partial charge in [-0.15, -0.1) is 5.10 Å². The Labute approximate surface area is 191 Å². The zero-order chi connectivity index (χ0) is 22.2. The molecule has 2 saturated heterocycles. The van der Waals surface area contributed by atoms with Gasteiger partial charge in [-0.3, -0.25) is 9.69 Å². The van der Waals surface area contributed by atoms with Crippen molar-refractivity contribution in [3.63, 3.8) is 0 Å². The van der Waals surface area contributed by atoms with Crippen molar-refractivity contribution in [3.05, 3.63) is 36.3 Å². The maximum Gasteiger partial charge on any atom is 0.236 e. The first kappa shape index (κ1) is 21.3. The average Bonchev–Trinajstić information content (AvgIpc) is 3.33. The van der Waals surface area contributed by atoms with Gasteiger partial charge in [-0.1, -0.05) is 25.2 Å². The van der Waals surface area contributed by atoms with Crippen LogP contribution in [0.25, 0.3) is 16.2 Å². The van der Waals surface area contributed by atoms with E-state index in [9.17, 15) is 9.18 Å². The molecule has 3 aromatic rings. The number of piperazine rings is 1. The molecule has 2 unspecified atom stereocenters. The standard InChI is InChI=1S/C23H29FN6OS/c1-16-11-17(2)13-29(12-16)21(31)15-27-7-9-28(10-8-27)23-26-30-14-20(25-22(30)32-23)18-3-5-19(24)6-4-18/h3-6,14,16-17H,7-13,15H2,1-2H3. The number of rotatable bonds is 4. The fourth-order valence-electron chi connectivity index (χ4n) is 4.83. The lowest BCUT2D eigenvalue weighted by molar-refractivity contribution is -0.135. The Morgan fingerprint density at radius 2 is 1.78 bits per heavy atom. The van der Waals surface area contributed by atoms with Gasteiger partial charge in [0, 0.05) is 44.8 Å². The molecule has 2 fully saturated rings. The number of amides is 1. The molecular weight excluding hydrogens is 427 g/mol. The highest BCUT2D eigenvalue weighted by Crippen LogP contribution is 2.27. The molecule has 0 radical (unpaired) electrons. The number of fused-ring (bicyclic) bond motifs is 1. The molecule has 2 aromatic heterocycles. The summed E-state index contributed by atoms with van der Waals surface area (Å²) in [7, 11) is 0. The summed E-state index contributed by atoms with van der Waals surface area (Å²) in [4.78, 5) is 24.8. The molecule has 170 valence electrons. The fraction of sp³-hybridized carbons (Fsp3) is 0.522. The maximum atomic E-state index is 13.2. The number of hydrogen-bond donors (Lipinski definition) is 0. The van der Waals surface area contributed by atoms with Crippen LogP contribution < -0.4 is 4.90 Å². The Morgan fingerprint density at radius 1 is 1.09 bits per heavy atom. The summed E-state index contributed by atoms with van der Waals surface area (Å²) < 4.78 is 15.0. The lowest BCUT2D eigenvalue weighted by Gasteiger charge is -2.38. The Hall–Kier alpha value is -2.52. The van der Waals surface area contributed by atoms with E-state index in [2.05, 4.69) is 33.5 Å². The number of halogens is 1. The first-order valence-electron chi connectivity index (χ1n) is 11.3.